The summed E-state index contributed by atoms with van der Waals surface area (Å²) in [7, 11) is 2.07. The van der Waals surface area contributed by atoms with Crippen LogP contribution in [0.1, 0.15) is 11.1 Å². The maximum Gasteiger partial charge on any atom is 0.214 e. The highest BCUT2D eigenvalue weighted by Gasteiger charge is 2.19. The quantitative estimate of drug-likeness (QED) is 0.470. The second-order valence-corrected chi connectivity index (χ2v) is 6.11. The standard InChI is InChI=1S/C22H17N2/c1-15-10-11-16-6-3-4-8-19(16)22(15)21-13-12-18-17(14-23)7-5-9-20(18)24(21)2/h3-13H,1-2H3/q+1. The van der Waals surface area contributed by atoms with E-state index in [4.69, 9.17) is 0 Å². The van der Waals surface area contributed by atoms with E-state index in [0.29, 0.717) is 5.56 Å². The zero-order chi connectivity index (χ0) is 16.7. The van der Waals surface area contributed by atoms with E-state index < -0.39 is 0 Å². The minimum atomic E-state index is 0.712. The molecule has 1 heterocycles. The predicted octanol–water partition coefficient (Wildman–Crippen LogP) is 4.66. The van der Waals surface area contributed by atoms with Crippen molar-refractivity contribution in [2.75, 3.05) is 0 Å². The van der Waals surface area contributed by atoms with E-state index in [1.54, 1.807) is 0 Å². The molecule has 0 saturated carbocycles. The minimum absolute atomic E-state index is 0.712. The molecule has 1 aromatic heterocycles. The van der Waals surface area contributed by atoms with Gasteiger partial charge >= 0.3 is 0 Å². The van der Waals surface area contributed by atoms with Crippen LogP contribution in [0.2, 0.25) is 0 Å². The van der Waals surface area contributed by atoms with E-state index >= 15 is 0 Å². The first-order chi connectivity index (χ1) is 11.7. The molecule has 3 aromatic carbocycles. The van der Waals surface area contributed by atoms with Gasteiger partial charge in [-0.25, -0.2) is 0 Å². The lowest BCUT2D eigenvalue weighted by Gasteiger charge is -2.10. The summed E-state index contributed by atoms with van der Waals surface area (Å²) >= 11 is 0. The SMILES string of the molecule is Cc1ccc2ccccc2c1-c1ccc2c(C#N)cccc2[n+]1C. The van der Waals surface area contributed by atoms with E-state index in [0.717, 1.165) is 16.6 Å². The Morgan fingerprint density at radius 3 is 2.50 bits per heavy atom. The molecule has 0 aliphatic heterocycles. The van der Waals surface area contributed by atoms with E-state index in [1.165, 1.54) is 21.9 Å². The normalized spacial score (nSPS) is 10.9. The summed E-state index contributed by atoms with van der Waals surface area (Å²) in [5.41, 5.74) is 5.44. The number of benzene rings is 3. The first-order valence-corrected chi connectivity index (χ1v) is 8.01. The zero-order valence-corrected chi connectivity index (χ0v) is 13.7. The van der Waals surface area contributed by atoms with Gasteiger partial charge in [0.15, 0.2) is 0 Å². The highest BCUT2D eigenvalue weighted by atomic mass is 14.9. The first-order valence-electron chi connectivity index (χ1n) is 8.01. The summed E-state index contributed by atoms with van der Waals surface area (Å²) in [6.07, 6.45) is 0. The maximum absolute atomic E-state index is 9.34. The molecule has 0 spiro atoms. The number of rotatable bonds is 1. The van der Waals surface area contributed by atoms with E-state index in [-0.39, 0.29) is 0 Å². The Morgan fingerprint density at radius 1 is 0.833 bits per heavy atom. The molecule has 24 heavy (non-hydrogen) atoms. The van der Waals surface area contributed by atoms with Crippen molar-refractivity contribution in [2.45, 2.75) is 6.92 Å². The van der Waals surface area contributed by atoms with Crippen molar-refractivity contribution in [1.29, 1.82) is 5.26 Å². The number of aromatic nitrogens is 1. The Kier molecular flexibility index (Phi) is 3.29. The minimum Gasteiger partial charge on any atom is -0.194 e. The third kappa shape index (κ3) is 2.06. The van der Waals surface area contributed by atoms with Crippen LogP contribution in [0.15, 0.2) is 66.7 Å². The highest BCUT2D eigenvalue weighted by molar-refractivity contribution is 5.97. The summed E-state index contributed by atoms with van der Waals surface area (Å²) in [4.78, 5) is 0. The van der Waals surface area contributed by atoms with Crippen LogP contribution in [0, 0.1) is 18.3 Å². The number of hydrogen-bond donors (Lipinski definition) is 0. The molecule has 0 N–H and O–H groups in total. The van der Waals surface area contributed by atoms with Gasteiger partial charge in [0.05, 0.1) is 16.5 Å². The molecule has 4 rings (SSSR count). The summed E-state index contributed by atoms with van der Waals surface area (Å²) in [5.74, 6) is 0. The Morgan fingerprint density at radius 2 is 1.67 bits per heavy atom. The fourth-order valence-corrected chi connectivity index (χ4v) is 3.49. The third-order valence-corrected chi connectivity index (χ3v) is 4.73. The maximum atomic E-state index is 9.34. The average molecular weight is 309 g/mol. The molecule has 0 unspecified atom stereocenters. The van der Waals surface area contributed by atoms with E-state index in [9.17, 15) is 5.26 Å². The lowest BCUT2D eigenvalue weighted by molar-refractivity contribution is -0.633. The average Bonchev–Trinajstić information content (AvgIpc) is 2.62. The second-order valence-electron chi connectivity index (χ2n) is 6.11. The monoisotopic (exact) mass is 309 g/mol. The molecular weight excluding hydrogens is 292 g/mol. The van der Waals surface area contributed by atoms with Crippen molar-refractivity contribution in [2.24, 2.45) is 7.05 Å². The van der Waals surface area contributed by atoms with Gasteiger partial charge in [-0.1, -0.05) is 42.5 Å². The Bertz CT molecular complexity index is 1130. The molecule has 4 aromatic rings. The van der Waals surface area contributed by atoms with Crippen molar-refractivity contribution in [3.05, 3.63) is 77.9 Å². The smallest absolute Gasteiger partial charge is 0.194 e. The molecule has 2 nitrogen and oxygen atoms in total. The molecule has 0 atom stereocenters. The van der Waals surface area contributed by atoms with Gasteiger partial charge in [0, 0.05) is 12.1 Å². The van der Waals surface area contributed by atoms with Gasteiger partial charge in [-0.2, -0.15) is 9.83 Å². The molecule has 0 fully saturated rings. The molecule has 0 radical (unpaired) electrons. The van der Waals surface area contributed by atoms with Gasteiger partial charge < -0.3 is 0 Å². The molecule has 114 valence electrons. The fraction of sp³-hybridized carbons (Fsp3) is 0.0909. The lowest BCUT2D eigenvalue weighted by atomic mass is 9.96. The molecule has 0 aliphatic rings. The van der Waals surface area contributed by atoms with Crippen LogP contribution >= 0.6 is 0 Å². The number of nitrogens with zero attached hydrogens (tertiary/aromatic N) is 2. The number of hydrogen-bond acceptors (Lipinski definition) is 1. The van der Waals surface area contributed by atoms with Crippen molar-refractivity contribution in [3.63, 3.8) is 0 Å². The van der Waals surface area contributed by atoms with Gasteiger partial charge in [0.25, 0.3) is 0 Å². The Balaban J connectivity index is 2.11. The molecule has 0 saturated heterocycles. The van der Waals surface area contributed by atoms with Crippen LogP contribution < -0.4 is 4.57 Å². The van der Waals surface area contributed by atoms with Crippen molar-refractivity contribution < 1.29 is 4.57 Å². The second kappa shape index (κ2) is 5.47. The van der Waals surface area contributed by atoms with Gasteiger partial charge in [0.1, 0.15) is 13.1 Å². The molecular formula is C22H17N2+. The van der Waals surface area contributed by atoms with Crippen molar-refractivity contribution in [3.8, 4) is 17.3 Å². The van der Waals surface area contributed by atoms with Crippen molar-refractivity contribution >= 4 is 21.7 Å². The largest absolute Gasteiger partial charge is 0.214 e. The third-order valence-electron chi connectivity index (χ3n) is 4.73. The molecule has 2 heteroatoms. The number of pyridine rings is 1. The number of fused-ring (bicyclic) bond motifs is 2. The van der Waals surface area contributed by atoms with Crippen LogP contribution in [0.25, 0.3) is 32.9 Å². The summed E-state index contributed by atoms with van der Waals surface area (Å²) in [6.45, 7) is 2.15. The predicted molar refractivity (Wildman–Crippen MR) is 97.5 cm³/mol. The molecule has 0 aliphatic carbocycles. The number of aryl methyl sites for hydroxylation is 2. The van der Waals surface area contributed by atoms with Crippen LogP contribution in [0.4, 0.5) is 0 Å². The van der Waals surface area contributed by atoms with Gasteiger partial charge in [0.2, 0.25) is 11.2 Å². The van der Waals surface area contributed by atoms with Gasteiger partial charge in [-0.05, 0) is 35.4 Å². The summed E-state index contributed by atoms with van der Waals surface area (Å²) in [6, 6.07) is 25.2. The summed E-state index contributed by atoms with van der Waals surface area (Å²) < 4.78 is 2.19. The summed E-state index contributed by atoms with van der Waals surface area (Å²) in [5, 5.41) is 12.8. The van der Waals surface area contributed by atoms with E-state index in [2.05, 4.69) is 79.2 Å². The Labute approximate surface area is 141 Å². The van der Waals surface area contributed by atoms with Crippen LogP contribution in [-0.4, -0.2) is 0 Å². The Hall–Kier alpha value is -3.18. The van der Waals surface area contributed by atoms with Crippen LogP contribution in [-0.2, 0) is 7.05 Å². The fourth-order valence-electron chi connectivity index (χ4n) is 3.49. The molecule has 0 bridgehead atoms. The zero-order valence-electron chi connectivity index (χ0n) is 13.7. The highest BCUT2D eigenvalue weighted by Crippen LogP contribution is 2.31. The van der Waals surface area contributed by atoms with Crippen LogP contribution in [0.3, 0.4) is 0 Å². The topological polar surface area (TPSA) is 27.7 Å². The van der Waals surface area contributed by atoms with Gasteiger partial charge in [-0.15, -0.1) is 0 Å². The molecule has 0 amide bonds. The lowest BCUT2D eigenvalue weighted by Crippen LogP contribution is -2.32. The van der Waals surface area contributed by atoms with Gasteiger partial charge in [-0.3, -0.25) is 0 Å². The first kappa shape index (κ1) is 14.4. The van der Waals surface area contributed by atoms with Crippen molar-refractivity contribution in [1.82, 2.24) is 0 Å². The van der Waals surface area contributed by atoms with E-state index in [1.807, 2.05) is 12.1 Å². The number of nitriles is 1. The van der Waals surface area contributed by atoms with Crippen LogP contribution in [0.5, 0.6) is 0 Å².